The van der Waals surface area contributed by atoms with E-state index in [2.05, 4.69) is 4.72 Å². The molecular weight excluding hydrogens is 430 g/mol. The number of sulfonamides is 1. The van der Waals surface area contributed by atoms with Crippen molar-refractivity contribution in [3.8, 4) is 5.75 Å². The molecule has 0 saturated carbocycles. The molecule has 0 radical (unpaired) electrons. The van der Waals surface area contributed by atoms with Crippen molar-refractivity contribution in [2.45, 2.75) is 11.0 Å². The Morgan fingerprint density at radius 2 is 1.68 bits per heavy atom. The highest BCUT2D eigenvalue weighted by molar-refractivity contribution is 7.89. The minimum Gasteiger partial charge on any atom is -0.484 e. The first-order valence-electron chi connectivity index (χ1n) is 9.57. The Bertz CT molecular complexity index is 1300. The van der Waals surface area contributed by atoms with Crippen LogP contribution in [0.15, 0.2) is 89.8 Å². The van der Waals surface area contributed by atoms with Gasteiger partial charge >= 0.3 is 0 Å². The number of nitrogen functional groups attached to an aromatic ring is 1. The molecule has 0 aliphatic heterocycles. The van der Waals surface area contributed by atoms with Gasteiger partial charge in [-0.1, -0.05) is 54.6 Å². The molecular formula is C23H21N3O3S2. The minimum absolute atomic E-state index is 0.00220. The molecule has 0 fully saturated rings. The molecule has 1 unspecified atom stereocenters. The van der Waals surface area contributed by atoms with E-state index in [1.165, 1.54) is 11.3 Å². The first-order chi connectivity index (χ1) is 14.9. The first-order valence-corrected chi connectivity index (χ1v) is 11.9. The number of hydrogen-bond acceptors (Lipinski definition) is 5. The van der Waals surface area contributed by atoms with Crippen LogP contribution < -0.4 is 15.2 Å². The molecule has 1 aromatic heterocycles. The second kappa shape index (κ2) is 8.89. The molecule has 4 aromatic rings. The smallest absolute Gasteiger partial charge is 0.240 e. The number of fused-ring (bicyclic) bond motifs is 1. The Balaban J connectivity index is 1.64. The summed E-state index contributed by atoms with van der Waals surface area (Å²) in [5.41, 5.74) is 6.49. The monoisotopic (exact) mass is 451 g/mol. The average Bonchev–Trinajstić information content (AvgIpc) is 3.23. The summed E-state index contributed by atoms with van der Waals surface area (Å²) in [4.78, 5) is 0.861. The van der Waals surface area contributed by atoms with Crippen molar-refractivity contribution in [1.29, 1.82) is 5.41 Å². The third kappa shape index (κ3) is 4.77. The van der Waals surface area contributed by atoms with Gasteiger partial charge in [0.1, 0.15) is 17.7 Å². The van der Waals surface area contributed by atoms with Crippen LogP contribution in [0.1, 0.15) is 16.5 Å². The number of thiophene rings is 1. The summed E-state index contributed by atoms with van der Waals surface area (Å²) in [6.45, 7) is 0.0569. The summed E-state index contributed by atoms with van der Waals surface area (Å²) in [7, 11) is -3.68. The van der Waals surface area contributed by atoms with Gasteiger partial charge in [0.2, 0.25) is 10.0 Å². The molecule has 31 heavy (non-hydrogen) atoms. The van der Waals surface area contributed by atoms with Crippen molar-refractivity contribution in [3.63, 3.8) is 0 Å². The van der Waals surface area contributed by atoms with Crippen LogP contribution in [0.4, 0.5) is 0 Å². The van der Waals surface area contributed by atoms with E-state index in [9.17, 15) is 8.42 Å². The summed E-state index contributed by atoms with van der Waals surface area (Å²) in [6, 6.07) is 25.2. The zero-order valence-corrected chi connectivity index (χ0v) is 18.1. The Morgan fingerprint density at radius 3 is 2.35 bits per heavy atom. The zero-order valence-electron chi connectivity index (χ0n) is 16.5. The SMILES string of the molecule is N=C(N)c1cc2c(OC(CNS(=O)(=O)c3ccccc3)c3ccccc3)cccc2s1. The summed E-state index contributed by atoms with van der Waals surface area (Å²) < 4.78 is 35.3. The van der Waals surface area contributed by atoms with E-state index >= 15 is 0 Å². The summed E-state index contributed by atoms with van der Waals surface area (Å²) >= 11 is 1.42. The largest absolute Gasteiger partial charge is 0.484 e. The van der Waals surface area contributed by atoms with Crippen molar-refractivity contribution in [2.24, 2.45) is 5.73 Å². The van der Waals surface area contributed by atoms with Gasteiger partial charge in [-0.25, -0.2) is 13.1 Å². The van der Waals surface area contributed by atoms with Crippen LogP contribution in [0.5, 0.6) is 5.75 Å². The molecule has 0 saturated heterocycles. The summed E-state index contributed by atoms with van der Waals surface area (Å²) in [6.07, 6.45) is -0.550. The molecule has 0 aliphatic rings. The van der Waals surface area contributed by atoms with Gasteiger partial charge in [-0.2, -0.15) is 0 Å². The van der Waals surface area contributed by atoms with E-state index in [0.717, 1.165) is 15.6 Å². The molecule has 6 nitrogen and oxygen atoms in total. The van der Waals surface area contributed by atoms with Crippen LogP contribution in [0, 0.1) is 5.41 Å². The number of benzene rings is 3. The van der Waals surface area contributed by atoms with E-state index < -0.39 is 16.1 Å². The standard InChI is InChI=1S/C23H21N3O3S2/c24-23(25)22-14-18-19(12-7-13-21(18)30-22)29-20(16-8-3-1-4-9-16)15-26-31(27,28)17-10-5-2-6-11-17/h1-14,20,26H,15H2,(H3,24,25). The van der Waals surface area contributed by atoms with E-state index in [1.807, 2.05) is 54.6 Å². The molecule has 4 N–H and O–H groups in total. The van der Waals surface area contributed by atoms with E-state index in [1.54, 1.807) is 30.3 Å². The normalized spacial score (nSPS) is 12.5. The van der Waals surface area contributed by atoms with Gasteiger partial charge in [0.25, 0.3) is 0 Å². The van der Waals surface area contributed by atoms with E-state index in [4.69, 9.17) is 15.9 Å². The molecule has 0 aliphatic carbocycles. The van der Waals surface area contributed by atoms with Crippen LogP contribution in [-0.4, -0.2) is 20.8 Å². The molecule has 8 heteroatoms. The van der Waals surface area contributed by atoms with Crippen LogP contribution in [0.2, 0.25) is 0 Å². The molecule has 158 valence electrons. The molecule has 1 heterocycles. The summed E-state index contributed by atoms with van der Waals surface area (Å²) in [5, 5.41) is 8.54. The minimum atomic E-state index is -3.68. The third-order valence-electron chi connectivity index (χ3n) is 4.74. The predicted molar refractivity (Wildman–Crippen MR) is 124 cm³/mol. The highest BCUT2D eigenvalue weighted by Crippen LogP contribution is 2.35. The van der Waals surface area contributed by atoms with Gasteiger partial charge in [0.05, 0.1) is 16.3 Å². The average molecular weight is 452 g/mol. The maximum atomic E-state index is 12.7. The van der Waals surface area contributed by atoms with Crippen molar-refractivity contribution in [1.82, 2.24) is 4.72 Å². The number of rotatable bonds is 8. The first kappa shape index (κ1) is 21.0. The Morgan fingerprint density at radius 1 is 1.00 bits per heavy atom. The fourth-order valence-corrected chi connectivity index (χ4v) is 5.18. The number of nitrogens with two attached hydrogens (primary N) is 1. The van der Waals surface area contributed by atoms with Crippen molar-refractivity contribution >= 4 is 37.3 Å². The van der Waals surface area contributed by atoms with Crippen LogP contribution >= 0.6 is 11.3 Å². The molecule has 3 aromatic carbocycles. The van der Waals surface area contributed by atoms with Gasteiger partial charge in [0, 0.05) is 10.1 Å². The number of ether oxygens (including phenoxy) is 1. The highest BCUT2D eigenvalue weighted by Gasteiger charge is 2.20. The van der Waals surface area contributed by atoms with Gasteiger partial charge in [0.15, 0.2) is 0 Å². The molecule has 0 bridgehead atoms. The van der Waals surface area contributed by atoms with Crippen molar-refractivity contribution in [3.05, 3.63) is 95.4 Å². The van der Waals surface area contributed by atoms with Gasteiger partial charge in [-0.05, 0) is 35.9 Å². The van der Waals surface area contributed by atoms with Gasteiger partial charge in [-0.3, -0.25) is 5.41 Å². The van der Waals surface area contributed by atoms with Crippen molar-refractivity contribution in [2.75, 3.05) is 6.54 Å². The maximum Gasteiger partial charge on any atom is 0.240 e. The van der Waals surface area contributed by atoms with E-state index in [-0.39, 0.29) is 17.3 Å². The highest BCUT2D eigenvalue weighted by atomic mass is 32.2. The molecule has 0 amide bonds. The fourth-order valence-electron chi connectivity index (χ4n) is 3.19. The van der Waals surface area contributed by atoms with E-state index in [0.29, 0.717) is 10.6 Å². The summed E-state index contributed by atoms with van der Waals surface area (Å²) in [5.74, 6) is 0.608. The Labute approximate surface area is 184 Å². The number of hydrogen-bond donors (Lipinski definition) is 3. The predicted octanol–water partition coefficient (Wildman–Crippen LogP) is 4.28. The van der Waals surface area contributed by atoms with Gasteiger partial charge in [-0.15, -0.1) is 11.3 Å². The fraction of sp³-hybridized carbons (Fsp3) is 0.0870. The lowest BCUT2D eigenvalue weighted by atomic mass is 10.1. The Kier molecular flexibility index (Phi) is 6.03. The second-order valence-corrected chi connectivity index (χ2v) is 9.73. The van der Waals surface area contributed by atoms with Crippen molar-refractivity contribution < 1.29 is 13.2 Å². The second-order valence-electron chi connectivity index (χ2n) is 6.87. The number of nitrogens with one attached hydrogen (secondary N) is 2. The number of amidine groups is 1. The lowest BCUT2D eigenvalue weighted by Crippen LogP contribution is -2.30. The van der Waals surface area contributed by atoms with Crippen LogP contribution in [0.25, 0.3) is 10.1 Å². The molecule has 0 spiro atoms. The topological polar surface area (TPSA) is 105 Å². The van der Waals surface area contributed by atoms with Crippen LogP contribution in [0.3, 0.4) is 0 Å². The lowest BCUT2D eigenvalue weighted by molar-refractivity contribution is 0.212. The van der Waals surface area contributed by atoms with Gasteiger partial charge < -0.3 is 10.5 Å². The Hall–Kier alpha value is -3.20. The molecule has 1 atom stereocenters. The third-order valence-corrected chi connectivity index (χ3v) is 7.31. The zero-order chi connectivity index (χ0) is 21.8. The maximum absolute atomic E-state index is 12.7. The van der Waals surface area contributed by atoms with Crippen LogP contribution in [-0.2, 0) is 10.0 Å². The quantitative estimate of drug-likeness (QED) is 0.275. The lowest BCUT2D eigenvalue weighted by Gasteiger charge is -2.21. The molecule has 4 rings (SSSR count).